The quantitative estimate of drug-likeness (QED) is 0.176. The van der Waals surface area contributed by atoms with E-state index >= 15 is 0 Å². The van der Waals surface area contributed by atoms with Crippen molar-refractivity contribution in [2.45, 2.75) is 13.8 Å². The van der Waals surface area contributed by atoms with Crippen molar-refractivity contribution in [3.63, 3.8) is 0 Å². The van der Waals surface area contributed by atoms with E-state index in [1.807, 2.05) is 24.3 Å². The van der Waals surface area contributed by atoms with Gasteiger partial charge in [-0.1, -0.05) is 187 Å². The van der Waals surface area contributed by atoms with Crippen molar-refractivity contribution in [2.75, 3.05) is 0 Å². The Morgan fingerprint density at radius 3 is 1.17 bits per heavy atom. The third kappa shape index (κ3) is 9.60. The molecule has 11 heteroatoms. The fraction of sp³-hybridized carbons (Fsp3) is 0.0417. The molecule has 9 aromatic heterocycles. The predicted octanol–water partition coefficient (Wildman–Crippen LogP) is 24.2. The second-order valence-electron chi connectivity index (χ2n) is 28.0. The number of aromatic nitrogens is 10. The number of furan rings is 1. The largest absolute Gasteiger partial charge is 0.456 e. The fourth-order valence-corrected chi connectivity index (χ4v) is 17.0. The number of imidazole rings is 4. The zero-order valence-electron chi connectivity index (χ0n) is 59.2. The standard InChI is InChI=1S/2C26H18N4.C25H17NO.C19H15N/c1-28-24-15-14-17(16-25(24)30-23-13-7-4-10-20(23)27-26(28)30)29-21-11-5-2-8-18(21)19-9-3-6-12-22(19)29;1-28-21-10-4-2-8-18(21)19-16-17(14-15-22(19)28)29-24-12-6-7-13-25(24)30-23-11-5-3-9-20(23)27-26(29)30;1-16-10-12-23-20(14-16)18-6-2-4-8-22(18)26(23)17-11-13-25-21(15-17)19-7-3-5-9-24(19)27-25;1-14-11-12-19-17(13-14)16-9-5-6-10-18(16)20(19)15-7-3-2-4-8-15/h2*2-16H,1H3;2-15H,1H3;2-13H,1H3. The molecular formula is C96H68N10O. The number of hydrogen-bond donors (Lipinski definition) is 0. The SMILES string of the molecule is Cc1ccc2c(c1)c1ccccc1n2-c1ccc2oc3ccccc3c2c1.Cc1ccc2c(c1)c1ccccc1n2-c1ccccc1.Cn1c2ccc(-n3c4ccccc4c4ccccc43)cc2n2c3ccccc3nc12.Cn1c2ccccc2c2cc(-n3c4ccccc4n4c5ccccc5nc34)ccc21. The normalized spacial score (nSPS) is 11.9. The van der Waals surface area contributed by atoms with Crippen LogP contribution in [-0.2, 0) is 14.1 Å². The Labute approximate surface area is 613 Å². The minimum atomic E-state index is 0.927. The molecule has 11 nitrogen and oxygen atoms in total. The second-order valence-corrected chi connectivity index (χ2v) is 28.0. The van der Waals surface area contributed by atoms with Gasteiger partial charge in [-0.3, -0.25) is 13.4 Å². The van der Waals surface area contributed by atoms with Crippen molar-refractivity contribution in [1.29, 1.82) is 0 Å². The molecule has 0 amide bonds. The molecule has 24 aromatic rings. The second kappa shape index (κ2) is 24.2. The summed E-state index contributed by atoms with van der Waals surface area (Å²) in [5, 5.41) is 12.6. The van der Waals surface area contributed by atoms with Crippen molar-refractivity contribution in [3.8, 4) is 22.7 Å². The summed E-state index contributed by atoms with van der Waals surface area (Å²) >= 11 is 0. The molecule has 508 valence electrons. The Balaban J connectivity index is 0.0000000923. The molecule has 0 bridgehead atoms. The molecule has 0 fully saturated rings. The first kappa shape index (κ1) is 61.5. The van der Waals surface area contributed by atoms with Crippen LogP contribution in [-0.4, -0.2) is 46.2 Å². The zero-order chi connectivity index (χ0) is 71.1. The average Bonchev–Trinajstić information content (AvgIpc) is 1.57. The molecule has 15 aromatic carbocycles. The van der Waals surface area contributed by atoms with Gasteiger partial charge in [-0.15, -0.1) is 0 Å². The molecule has 0 aliphatic rings. The first-order chi connectivity index (χ1) is 52.8. The van der Waals surface area contributed by atoms with Crippen LogP contribution in [0.5, 0.6) is 0 Å². The number of rotatable bonds is 4. The number of hydrogen-bond acceptors (Lipinski definition) is 3. The molecule has 0 radical (unpaired) electrons. The minimum absolute atomic E-state index is 0.927. The molecule has 0 saturated carbocycles. The minimum Gasteiger partial charge on any atom is -0.456 e. The first-order valence-electron chi connectivity index (χ1n) is 36.4. The highest BCUT2D eigenvalue weighted by molar-refractivity contribution is 6.14. The lowest BCUT2D eigenvalue weighted by Crippen LogP contribution is -1.95. The van der Waals surface area contributed by atoms with Gasteiger partial charge in [-0.25, -0.2) is 9.97 Å². The predicted molar refractivity (Wildman–Crippen MR) is 445 cm³/mol. The van der Waals surface area contributed by atoms with E-state index in [1.54, 1.807) is 0 Å². The molecule has 0 spiro atoms. The lowest BCUT2D eigenvalue weighted by Gasteiger charge is -2.08. The van der Waals surface area contributed by atoms with Crippen LogP contribution in [0.3, 0.4) is 0 Å². The molecule has 0 unspecified atom stereocenters. The molecule has 0 saturated heterocycles. The Kier molecular flexibility index (Phi) is 13.9. The maximum atomic E-state index is 6.01. The highest BCUT2D eigenvalue weighted by Gasteiger charge is 2.22. The van der Waals surface area contributed by atoms with E-state index in [2.05, 4.69) is 380 Å². The average molecular weight is 1380 g/mol. The maximum absolute atomic E-state index is 6.01. The molecule has 24 rings (SSSR count). The molecule has 0 atom stereocenters. The summed E-state index contributed by atoms with van der Waals surface area (Å²) in [5.41, 5.74) is 28.0. The molecule has 0 aliphatic heterocycles. The summed E-state index contributed by atoms with van der Waals surface area (Å²) in [6.45, 7) is 4.29. The fourth-order valence-electron chi connectivity index (χ4n) is 17.0. The van der Waals surface area contributed by atoms with Crippen LogP contribution in [0.25, 0.3) is 188 Å². The highest BCUT2D eigenvalue weighted by atomic mass is 16.3. The molecule has 9 heterocycles. The maximum Gasteiger partial charge on any atom is 0.220 e. The number of benzene rings is 15. The number of nitrogens with zero attached hydrogens (tertiary/aromatic N) is 10. The van der Waals surface area contributed by atoms with E-state index in [0.717, 1.165) is 78.1 Å². The van der Waals surface area contributed by atoms with Crippen molar-refractivity contribution in [1.82, 2.24) is 46.2 Å². The Bertz CT molecular complexity index is 7650. The van der Waals surface area contributed by atoms with Gasteiger partial charge in [0, 0.05) is 102 Å². The van der Waals surface area contributed by atoms with E-state index in [-0.39, 0.29) is 0 Å². The van der Waals surface area contributed by atoms with Gasteiger partial charge in [0.05, 0.1) is 77.2 Å². The monoisotopic (exact) mass is 1380 g/mol. The van der Waals surface area contributed by atoms with Gasteiger partial charge in [0.2, 0.25) is 11.6 Å². The summed E-state index contributed by atoms with van der Waals surface area (Å²) in [5.74, 6) is 1.91. The van der Waals surface area contributed by atoms with E-state index in [9.17, 15) is 0 Å². The Morgan fingerprint density at radius 1 is 0.215 bits per heavy atom. The van der Waals surface area contributed by atoms with E-state index in [4.69, 9.17) is 14.4 Å². The van der Waals surface area contributed by atoms with Gasteiger partial charge in [-0.2, -0.15) is 0 Å². The molecule has 107 heavy (non-hydrogen) atoms. The first-order valence-corrected chi connectivity index (χ1v) is 36.4. The van der Waals surface area contributed by atoms with Crippen LogP contribution in [0.15, 0.2) is 344 Å². The summed E-state index contributed by atoms with van der Waals surface area (Å²) in [6.07, 6.45) is 0. The summed E-state index contributed by atoms with van der Waals surface area (Å²) in [7, 11) is 4.22. The topological polar surface area (TPSA) is 77.3 Å². The molecule has 0 aliphatic carbocycles. The highest BCUT2D eigenvalue weighted by Crippen LogP contribution is 2.40. The van der Waals surface area contributed by atoms with Crippen LogP contribution < -0.4 is 0 Å². The van der Waals surface area contributed by atoms with E-state index in [0.29, 0.717) is 0 Å². The number of fused-ring (bicyclic) bond motifs is 25. The molecule has 0 N–H and O–H groups in total. The van der Waals surface area contributed by atoms with Crippen LogP contribution in [0, 0.1) is 13.8 Å². The summed E-state index contributed by atoms with van der Waals surface area (Å²) in [4.78, 5) is 9.86. The van der Waals surface area contributed by atoms with Crippen LogP contribution in [0.2, 0.25) is 0 Å². The van der Waals surface area contributed by atoms with Crippen molar-refractivity contribution < 1.29 is 4.42 Å². The van der Waals surface area contributed by atoms with Crippen molar-refractivity contribution >= 4 is 165 Å². The lowest BCUT2D eigenvalue weighted by atomic mass is 10.1. The zero-order valence-corrected chi connectivity index (χ0v) is 59.2. The van der Waals surface area contributed by atoms with E-state index in [1.165, 1.54) is 121 Å². The van der Waals surface area contributed by atoms with Crippen LogP contribution in [0.4, 0.5) is 0 Å². The Morgan fingerprint density at radius 2 is 0.579 bits per heavy atom. The summed E-state index contributed by atoms with van der Waals surface area (Å²) in [6, 6.07) is 120. The third-order valence-corrected chi connectivity index (χ3v) is 21.8. The lowest BCUT2D eigenvalue weighted by molar-refractivity contribution is 0.669. The van der Waals surface area contributed by atoms with Crippen LogP contribution in [0.1, 0.15) is 11.1 Å². The van der Waals surface area contributed by atoms with Gasteiger partial charge >= 0.3 is 0 Å². The van der Waals surface area contributed by atoms with E-state index < -0.39 is 0 Å². The number of aryl methyl sites for hydroxylation is 4. The smallest absolute Gasteiger partial charge is 0.220 e. The van der Waals surface area contributed by atoms with Gasteiger partial charge < -0.3 is 27.3 Å². The molecular weight excluding hydrogens is 1310 g/mol. The van der Waals surface area contributed by atoms with Gasteiger partial charge in [-0.05, 0) is 178 Å². The van der Waals surface area contributed by atoms with Gasteiger partial charge in [0.25, 0.3) is 0 Å². The van der Waals surface area contributed by atoms with Gasteiger partial charge in [0.1, 0.15) is 11.2 Å². The van der Waals surface area contributed by atoms with Crippen LogP contribution >= 0.6 is 0 Å². The third-order valence-electron chi connectivity index (χ3n) is 21.8. The number of para-hydroxylation sites is 13. The summed E-state index contributed by atoms with van der Waals surface area (Å²) < 4.78 is 24.3. The van der Waals surface area contributed by atoms with Crippen molar-refractivity contribution in [3.05, 3.63) is 351 Å². The van der Waals surface area contributed by atoms with Crippen molar-refractivity contribution in [2.24, 2.45) is 14.1 Å². The Hall–Kier alpha value is -14.2. The van der Waals surface area contributed by atoms with Gasteiger partial charge in [0.15, 0.2) is 0 Å².